The molecule has 0 radical (unpaired) electrons. The fourth-order valence-electron chi connectivity index (χ4n) is 2.32. The molecule has 24 heavy (non-hydrogen) atoms. The highest BCUT2D eigenvalue weighted by atomic mass is 19.1. The minimum atomic E-state index is -0.559. The molecule has 2 amide bonds. The van der Waals surface area contributed by atoms with Gasteiger partial charge in [0.2, 0.25) is 5.91 Å². The van der Waals surface area contributed by atoms with Crippen molar-refractivity contribution in [3.8, 4) is 0 Å². The highest BCUT2D eigenvalue weighted by molar-refractivity contribution is 5.78. The van der Waals surface area contributed by atoms with Gasteiger partial charge in [0.1, 0.15) is 11.4 Å². The summed E-state index contributed by atoms with van der Waals surface area (Å²) in [6, 6.07) is 6.43. The lowest BCUT2D eigenvalue weighted by molar-refractivity contribution is -0.132. The molecule has 1 aliphatic carbocycles. The summed E-state index contributed by atoms with van der Waals surface area (Å²) in [5, 5.41) is 2.60. The van der Waals surface area contributed by atoms with Crippen molar-refractivity contribution in [1.29, 1.82) is 0 Å². The number of amides is 2. The number of nitrogens with one attached hydrogen (secondary N) is 1. The molecule has 1 N–H and O–H groups in total. The SMILES string of the molecule is CC(C)(C)OC(=O)NCCC(=O)N(Cc1ccc(F)cc1)C1CC1. The van der Waals surface area contributed by atoms with Crippen molar-refractivity contribution in [2.45, 2.75) is 58.2 Å². The zero-order valence-electron chi connectivity index (χ0n) is 14.5. The van der Waals surface area contributed by atoms with Crippen LogP contribution in [0.2, 0.25) is 0 Å². The van der Waals surface area contributed by atoms with Gasteiger partial charge >= 0.3 is 6.09 Å². The van der Waals surface area contributed by atoms with Gasteiger partial charge in [0, 0.05) is 25.6 Å². The molecule has 1 aliphatic rings. The van der Waals surface area contributed by atoms with Crippen LogP contribution in [0.15, 0.2) is 24.3 Å². The van der Waals surface area contributed by atoms with Crippen molar-refractivity contribution in [2.75, 3.05) is 6.54 Å². The topological polar surface area (TPSA) is 58.6 Å². The number of ether oxygens (including phenoxy) is 1. The number of carbonyl (C=O) groups is 2. The summed E-state index contributed by atoms with van der Waals surface area (Å²) in [6.07, 6.45) is 1.68. The second-order valence-electron chi connectivity index (χ2n) is 7.06. The quantitative estimate of drug-likeness (QED) is 0.868. The van der Waals surface area contributed by atoms with Gasteiger partial charge in [0.25, 0.3) is 0 Å². The summed E-state index contributed by atoms with van der Waals surface area (Å²) in [4.78, 5) is 25.8. The fourth-order valence-corrected chi connectivity index (χ4v) is 2.32. The molecule has 0 heterocycles. The molecule has 0 spiro atoms. The van der Waals surface area contributed by atoms with E-state index < -0.39 is 11.7 Å². The predicted octanol–water partition coefficient (Wildman–Crippen LogP) is 3.23. The van der Waals surface area contributed by atoms with E-state index in [-0.39, 0.29) is 30.7 Å². The molecule has 132 valence electrons. The molecule has 0 saturated heterocycles. The second-order valence-corrected chi connectivity index (χ2v) is 7.06. The van der Waals surface area contributed by atoms with E-state index >= 15 is 0 Å². The Kier molecular flexibility index (Phi) is 5.80. The first kappa shape index (κ1) is 18.2. The fraction of sp³-hybridized carbons (Fsp3) is 0.556. The third-order valence-electron chi connectivity index (χ3n) is 3.58. The summed E-state index contributed by atoms with van der Waals surface area (Å²) >= 11 is 0. The summed E-state index contributed by atoms with van der Waals surface area (Å²) in [5.41, 5.74) is 0.341. The van der Waals surface area contributed by atoms with Gasteiger partial charge in [-0.25, -0.2) is 9.18 Å². The van der Waals surface area contributed by atoms with Crippen molar-refractivity contribution in [3.05, 3.63) is 35.6 Å². The number of nitrogens with zero attached hydrogens (tertiary/aromatic N) is 1. The van der Waals surface area contributed by atoms with Crippen LogP contribution in [-0.4, -0.2) is 35.1 Å². The number of halogens is 1. The Morgan fingerprint density at radius 2 is 1.88 bits per heavy atom. The first-order valence-electron chi connectivity index (χ1n) is 8.25. The van der Waals surface area contributed by atoms with Gasteiger partial charge in [0.05, 0.1) is 0 Å². The Morgan fingerprint density at radius 3 is 2.42 bits per heavy atom. The summed E-state index contributed by atoms with van der Waals surface area (Å²) < 4.78 is 18.1. The van der Waals surface area contributed by atoms with Gasteiger partial charge in [-0.15, -0.1) is 0 Å². The summed E-state index contributed by atoms with van der Waals surface area (Å²) in [6.45, 7) is 6.07. The molecule has 0 bridgehead atoms. The Morgan fingerprint density at radius 1 is 1.25 bits per heavy atom. The molecular formula is C18H25FN2O3. The number of rotatable bonds is 6. The first-order valence-corrected chi connectivity index (χ1v) is 8.25. The van der Waals surface area contributed by atoms with Crippen molar-refractivity contribution in [3.63, 3.8) is 0 Å². The number of hydrogen-bond donors (Lipinski definition) is 1. The molecule has 1 aromatic carbocycles. The molecule has 5 nitrogen and oxygen atoms in total. The average molecular weight is 336 g/mol. The standard InChI is InChI=1S/C18H25FN2O3/c1-18(2,3)24-17(23)20-11-10-16(22)21(15-8-9-15)12-13-4-6-14(19)7-5-13/h4-7,15H,8-12H2,1-3H3,(H,20,23). The number of hydrogen-bond acceptors (Lipinski definition) is 3. The largest absolute Gasteiger partial charge is 0.444 e. The highest BCUT2D eigenvalue weighted by Crippen LogP contribution is 2.29. The Balaban J connectivity index is 1.82. The third-order valence-corrected chi connectivity index (χ3v) is 3.58. The van der Waals surface area contributed by atoms with Crippen molar-refractivity contribution in [2.24, 2.45) is 0 Å². The Bertz CT molecular complexity index is 577. The predicted molar refractivity (Wildman–Crippen MR) is 88.8 cm³/mol. The Labute approximate surface area is 142 Å². The van der Waals surface area contributed by atoms with Gasteiger partial charge in [-0.1, -0.05) is 12.1 Å². The van der Waals surface area contributed by atoms with Gasteiger partial charge in [-0.3, -0.25) is 4.79 Å². The van der Waals surface area contributed by atoms with Crippen molar-refractivity contribution >= 4 is 12.0 Å². The lowest BCUT2D eigenvalue weighted by Crippen LogP contribution is -2.37. The summed E-state index contributed by atoms with van der Waals surface area (Å²) in [5.74, 6) is -0.303. The lowest BCUT2D eigenvalue weighted by atomic mass is 10.2. The van der Waals surface area contributed by atoms with Crippen LogP contribution < -0.4 is 5.32 Å². The molecule has 0 aliphatic heterocycles. The van der Waals surface area contributed by atoms with Gasteiger partial charge in [0.15, 0.2) is 0 Å². The van der Waals surface area contributed by atoms with E-state index in [1.165, 1.54) is 12.1 Å². The monoisotopic (exact) mass is 336 g/mol. The average Bonchev–Trinajstić information content (AvgIpc) is 3.29. The van der Waals surface area contributed by atoms with Crippen LogP contribution in [0, 0.1) is 5.82 Å². The molecule has 0 unspecified atom stereocenters. The molecule has 0 aromatic heterocycles. The molecule has 2 rings (SSSR count). The maximum absolute atomic E-state index is 13.0. The van der Waals surface area contributed by atoms with Gasteiger partial charge in [-0.2, -0.15) is 0 Å². The molecule has 0 atom stereocenters. The lowest BCUT2D eigenvalue weighted by Gasteiger charge is -2.23. The maximum Gasteiger partial charge on any atom is 0.407 e. The minimum Gasteiger partial charge on any atom is -0.444 e. The van der Waals surface area contributed by atoms with Crippen LogP contribution in [0.3, 0.4) is 0 Å². The van der Waals surface area contributed by atoms with Crippen molar-refractivity contribution in [1.82, 2.24) is 10.2 Å². The van der Waals surface area contributed by atoms with E-state index in [9.17, 15) is 14.0 Å². The number of alkyl carbamates (subject to hydrolysis) is 1. The smallest absolute Gasteiger partial charge is 0.407 e. The number of carbonyl (C=O) groups excluding carboxylic acids is 2. The maximum atomic E-state index is 13.0. The third kappa shape index (κ3) is 6.18. The molecule has 6 heteroatoms. The van der Waals surface area contributed by atoms with E-state index in [2.05, 4.69) is 5.32 Å². The second kappa shape index (κ2) is 7.64. The van der Waals surface area contributed by atoms with Crippen molar-refractivity contribution < 1.29 is 18.7 Å². The Hall–Kier alpha value is -2.11. The van der Waals surface area contributed by atoms with Crippen LogP contribution in [0.5, 0.6) is 0 Å². The zero-order chi connectivity index (χ0) is 17.7. The van der Waals surface area contributed by atoms with Crippen LogP contribution in [0.1, 0.15) is 45.6 Å². The van der Waals surface area contributed by atoms with Crippen LogP contribution in [-0.2, 0) is 16.1 Å². The van der Waals surface area contributed by atoms with E-state index in [0.717, 1.165) is 18.4 Å². The van der Waals surface area contributed by atoms with E-state index in [1.54, 1.807) is 32.9 Å². The molecule has 1 saturated carbocycles. The van der Waals surface area contributed by atoms with E-state index in [4.69, 9.17) is 4.74 Å². The normalized spacial score (nSPS) is 14.2. The van der Waals surface area contributed by atoms with Crippen LogP contribution in [0.4, 0.5) is 9.18 Å². The van der Waals surface area contributed by atoms with Crippen LogP contribution >= 0.6 is 0 Å². The zero-order valence-corrected chi connectivity index (χ0v) is 14.5. The first-order chi connectivity index (χ1) is 11.2. The highest BCUT2D eigenvalue weighted by Gasteiger charge is 2.32. The summed E-state index contributed by atoms with van der Waals surface area (Å²) in [7, 11) is 0. The van der Waals surface area contributed by atoms with Gasteiger partial charge < -0.3 is 15.0 Å². The van der Waals surface area contributed by atoms with Gasteiger partial charge in [-0.05, 0) is 51.3 Å². The molecular weight excluding hydrogens is 311 g/mol. The molecule has 1 aromatic rings. The van der Waals surface area contributed by atoms with E-state index in [1.807, 2.05) is 4.90 Å². The van der Waals surface area contributed by atoms with E-state index in [0.29, 0.717) is 6.54 Å². The minimum absolute atomic E-state index is 0.0158. The van der Waals surface area contributed by atoms with Crippen LogP contribution in [0.25, 0.3) is 0 Å². The number of benzene rings is 1. The molecule has 1 fully saturated rings.